The zero-order valence-corrected chi connectivity index (χ0v) is 7.54. The van der Waals surface area contributed by atoms with Crippen molar-refractivity contribution in [1.29, 1.82) is 0 Å². The Kier molecular flexibility index (Phi) is 2.60. The van der Waals surface area contributed by atoms with E-state index in [9.17, 15) is 4.39 Å². The number of hydrogen-bond donors (Lipinski definition) is 1. The molecule has 1 aromatic carbocycles. The molecule has 1 heterocycles. The molecule has 0 amide bonds. The van der Waals surface area contributed by atoms with E-state index in [0.717, 1.165) is 18.5 Å². The number of rotatable bonds is 1. The van der Waals surface area contributed by atoms with E-state index in [1.54, 1.807) is 0 Å². The van der Waals surface area contributed by atoms with Crippen LogP contribution in [0.15, 0.2) is 30.3 Å². The maximum Gasteiger partial charge on any atom is 0.120 e. The minimum Gasteiger partial charge on any atom is -0.308 e. The molecule has 0 radical (unpaired) electrons. The van der Waals surface area contributed by atoms with E-state index in [4.69, 9.17) is 0 Å². The van der Waals surface area contributed by atoms with Crippen LogP contribution in [0.4, 0.5) is 4.39 Å². The molecule has 0 spiro atoms. The van der Waals surface area contributed by atoms with Gasteiger partial charge in [-0.3, -0.25) is 0 Å². The van der Waals surface area contributed by atoms with Gasteiger partial charge in [0.05, 0.1) is 6.04 Å². The van der Waals surface area contributed by atoms with Gasteiger partial charge in [-0.1, -0.05) is 30.3 Å². The van der Waals surface area contributed by atoms with Gasteiger partial charge in [0.15, 0.2) is 0 Å². The fraction of sp³-hybridized carbons (Fsp3) is 0.455. The zero-order chi connectivity index (χ0) is 9.10. The van der Waals surface area contributed by atoms with Crippen LogP contribution in [0.1, 0.15) is 24.4 Å². The Morgan fingerprint density at radius 3 is 2.69 bits per heavy atom. The summed E-state index contributed by atoms with van der Waals surface area (Å²) in [5.41, 5.74) is 1.06. The summed E-state index contributed by atoms with van der Waals surface area (Å²) in [5, 5.41) is 3.21. The van der Waals surface area contributed by atoms with Crippen molar-refractivity contribution >= 4 is 0 Å². The van der Waals surface area contributed by atoms with Crippen LogP contribution in [0.25, 0.3) is 0 Å². The molecule has 0 aromatic heterocycles. The minimum atomic E-state index is -0.726. The van der Waals surface area contributed by atoms with Gasteiger partial charge in [0.25, 0.3) is 0 Å². The van der Waals surface area contributed by atoms with Crippen LogP contribution in [-0.4, -0.2) is 12.7 Å². The molecule has 2 rings (SSSR count). The summed E-state index contributed by atoms with van der Waals surface area (Å²) in [5.74, 6) is 0. The summed E-state index contributed by atoms with van der Waals surface area (Å²) in [6.45, 7) is 0.931. The van der Waals surface area contributed by atoms with E-state index in [-0.39, 0.29) is 6.04 Å². The molecule has 0 unspecified atom stereocenters. The highest BCUT2D eigenvalue weighted by molar-refractivity contribution is 5.20. The molecule has 1 aliphatic rings. The van der Waals surface area contributed by atoms with Crippen LogP contribution in [0, 0.1) is 0 Å². The quantitative estimate of drug-likeness (QED) is 0.698. The van der Waals surface area contributed by atoms with Gasteiger partial charge in [0.2, 0.25) is 0 Å². The average Bonchev–Trinajstić information content (AvgIpc) is 2.20. The van der Waals surface area contributed by atoms with Gasteiger partial charge in [-0.05, 0) is 24.9 Å². The molecule has 1 aromatic rings. The summed E-state index contributed by atoms with van der Waals surface area (Å²) in [6, 6.07) is 9.75. The topological polar surface area (TPSA) is 12.0 Å². The maximum atomic E-state index is 13.5. The monoisotopic (exact) mass is 179 g/mol. The number of hydrogen-bond acceptors (Lipinski definition) is 1. The molecule has 1 saturated heterocycles. The number of nitrogens with one attached hydrogen (secondary N) is 1. The average molecular weight is 179 g/mol. The Bertz CT molecular complexity index is 260. The minimum absolute atomic E-state index is 0.0880. The molecule has 1 N–H and O–H groups in total. The highest BCUT2D eigenvalue weighted by Gasteiger charge is 2.24. The predicted molar refractivity (Wildman–Crippen MR) is 51.3 cm³/mol. The zero-order valence-electron chi connectivity index (χ0n) is 7.54. The van der Waals surface area contributed by atoms with Crippen molar-refractivity contribution in [3.05, 3.63) is 35.9 Å². The van der Waals surface area contributed by atoms with E-state index < -0.39 is 6.17 Å². The highest BCUT2D eigenvalue weighted by Crippen LogP contribution is 2.25. The maximum absolute atomic E-state index is 13.5. The number of halogens is 1. The molecule has 1 nitrogen and oxygen atoms in total. The first kappa shape index (κ1) is 8.70. The third-order valence-corrected chi connectivity index (χ3v) is 2.54. The second kappa shape index (κ2) is 3.88. The van der Waals surface area contributed by atoms with Crippen LogP contribution >= 0.6 is 0 Å². The summed E-state index contributed by atoms with van der Waals surface area (Å²) in [4.78, 5) is 0. The third kappa shape index (κ3) is 1.89. The summed E-state index contributed by atoms with van der Waals surface area (Å²) in [7, 11) is 0. The van der Waals surface area contributed by atoms with Crippen molar-refractivity contribution in [2.24, 2.45) is 0 Å². The first-order valence-electron chi connectivity index (χ1n) is 4.80. The molecule has 70 valence electrons. The van der Waals surface area contributed by atoms with Crippen LogP contribution in [0.2, 0.25) is 0 Å². The predicted octanol–water partition coefficient (Wildman–Crippen LogP) is 2.45. The van der Waals surface area contributed by atoms with Gasteiger partial charge in [-0.2, -0.15) is 0 Å². The normalized spacial score (nSPS) is 28.7. The number of piperidine rings is 1. The highest BCUT2D eigenvalue weighted by atomic mass is 19.1. The van der Waals surface area contributed by atoms with Crippen LogP contribution in [0.5, 0.6) is 0 Å². The van der Waals surface area contributed by atoms with E-state index in [0.29, 0.717) is 6.42 Å². The second-order valence-corrected chi connectivity index (χ2v) is 3.50. The summed E-state index contributed by atoms with van der Waals surface area (Å²) < 4.78 is 13.5. The van der Waals surface area contributed by atoms with Crippen LogP contribution in [0.3, 0.4) is 0 Å². The molecular weight excluding hydrogens is 165 g/mol. The molecule has 2 heteroatoms. The second-order valence-electron chi connectivity index (χ2n) is 3.50. The lowest BCUT2D eigenvalue weighted by atomic mass is 9.96. The molecule has 0 saturated carbocycles. The van der Waals surface area contributed by atoms with Gasteiger partial charge in [-0.25, -0.2) is 4.39 Å². The fourth-order valence-corrected chi connectivity index (χ4v) is 1.84. The van der Waals surface area contributed by atoms with Gasteiger partial charge in [0.1, 0.15) is 6.17 Å². The van der Waals surface area contributed by atoms with Crippen molar-refractivity contribution < 1.29 is 4.39 Å². The van der Waals surface area contributed by atoms with Crippen molar-refractivity contribution in [3.8, 4) is 0 Å². The number of benzene rings is 1. The molecule has 1 fully saturated rings. The van der Waals surface area contributed by atoms with E-state index in [1.165, 1.54) is 0 Å². The lowest BCUT2D eigenvalue weighted by Crippen LogP contribution is -2.35. The molecule has 0 bridgehead atoms. The van der Waals surface area contributed by atoms with Gasteiger partial charge < -0.3 is 5.32 Å². The van der Waals surface area contributed by atoms with Crippen molar-refractivity contribution in [3.63, 3.8) is 0 Å². The van der Waals surface area contributed by atoms with Crippen molar-refractivity contribution in [1.82, 2.24) is 5.32 Å². The Morgan fingerprint density at radius 1 is 1.23 bits per heavy atom. The SMILES string of the molecule is F[C@@H]1CCCN[C@@H]1c1ccccc1. The Labute approximate surface area is 78.0 Å². The first-order valence-corrected chi connectivity index (χ1v) is 4.80. The molecule has 2 atom stereocenters. The fourth-order valence-electron chi connectivity index (χ4n) is 1.84. The third-order valence-electron chi connectivity index (χ3n) is 2.54. The van der Waals surface area contributed by atoms with E-state index in [2.05, 4.69) is 5.32 Å². The molecular formula is C11H14FN. The lowest BCUT2D eigenvalue weighted by Gasteiger charge is -2.27. The Hall–Kier alpha value is -0.890. The summed E-state index contributed by atoms with van der Waals surface area (Å²) >= 11 is 0. The number of alkyl halides is 1. The van der Waals surface area contributed by atoms with E-state index >= 15 is 0 Å². The van der Waals surface area contributed by atoms with Gasteiger partial charge in [0, 0.05) is 0 Å². The van der Waals surface area contributed by atoms with E-state index in [1.807, 2.05) is 30.3 Å². The summed E-state index contributed by atoms with van der Waals surface area (Å²) in [6.07, 6.45) is 0.910. The largest absolute Gasteiger partial charge is 0.308 e. The Balaban J connectivity index is 2.15. The standard InChI is InChI=1S/C11H14FN/c12-10-7-4-8-13-11(10)9-5-2-1-3-6-9/h1-3,5-6,10-11,13H,4,7-8H2/t10-,11-/m1/s1. The van der Waals surface area contributed by atoms with Crippen molar-refractivity contribution in [2.45, 2.75) is 25.1 Å². The smallest absolute Gasteiger partial charge is 0.120 e. The Morgan fingerprint density at radius 2 is 2.00 bits per heavy atom. The molecule has 1 aliphatic heterocycles. The van der Waals surface area contributed by atoms with Crippen LogP contribution in [-0.2, 0) is 0 Å². The lowest BCUT2D eigenvalue weighted by molar-refractivity contribution is 0.201. The first-order chi connectivity index (χ1) is 6.38. The van der Waals surface area contributed by atoms with Crippen molar-refractivity contribution in [2.75, 3.05) is 6.54 Å². The molecule has 0 aliphatic carbocycles. The van der Waals surface area contributed by atoms with Gasteiger partial charge in [-0.15, -0.1) is 0 Å². The van der Waals surface area contributed by atoms with Gasteiger partial charge >= 0.3 is 0 Å². The van der Waals surface area contributed by atoms with Crippen LogP contribution < -0.4 is 5.32 Å². The molecule has 13 heavy (non-hydrogen) atoms.